The van der Waals surface area contributed by atoms with Gasteiger partial charge >= 0.3 is 5.97 Å². The Kier molecular flexibility index (Phi) is 4.45. The number of carbonyl (C=O) groups is 1. The maximum atomic E-state index is 11.8. The molecule has 2 rings (SSSR count). The number of anilines is 1. The van der Waals surface area contributed by atoms with E-state index >= 15 is 0 Å². The van der Waals surface area contributed by atoms with Gasteiger partial charge in [0.2, 0.25) is 0 Å². The summed E-state index contributed by atoms with van der Waals surface area (Å²) in [5.41, 5.74) is 0. The SMILES string of the molecule is COC(=O)C1CCCCN1c1ncc(Br)cc1Cl. The number of hydrogen-bond donors (Lipinski definition) is 0. The molecule has 1 atom stereocenters. The lowest BCUT2D eigenvalue weighted by Gasteiger charge is -2.35. The largest absolute Gasteiger partial charge is 0.467 e. The molecule has 0 aliphatic carbocycles. The van der Waals surface area contributed by atoms with Gasteiger partial charge in [-0.2, -0.15) is 0 Å². The van der Waals surface area contributed by atoms with Gasteiger partial charge in [-0.3, -0.25) is 0 Å². The molecule has 0 saturated carbocycles. The average molecular weight is 334 g/mol. The van der Waals surface area contributed by atoms with E-state index in [0.717, 1.165) is 30.3 Å². The predicted molar refractivity (Wildman–Crippen MR) is 73.9 cm³/mol. The van der Waals surface area contributed by atoms with Crippen LogP contribution in [-0.4, -0.2) is 30.6 Å². The first kappa shape index (κ1) is 13.6. The molecular formula is C12H14BrClN2O2. The van der Waals surface area contributed by atoms with E-state index in [2.05, 4.69) is 20.9 Å². The van der Waals surface area contributed by atoms with Crippen LogP contribution in [0.15, 0.2) is 16.7 Å². The molecule has 1 unspecified atom stereocenters. The molecule has 1 aliphatic heterocycles. The molecule has 0 N–H and O–H groups in total. The van der Waals surface area contributed by atoms with Crippen LogP contribution in [0.3, 0.4) is 0 Å². The van der Waals surface area contributed by atoms with Crippen molar-refractivity contribution in [3.63, 3.8) is 0 Å². The second-order valence-electron chi connectivity index (χ2n) is 4.19. The van der Waals surface area contributed by atoms with Crippen molar-refractivity contribution >= 4 is 39.3 Å². The van der Waals surface area contributed by atoms with Crippen molar-refractivity contribution in [3.05, 3.63) is 21.8 Å². The molecule has 0 radical (unpaired) electrons. The van der Waals surface area contributed by atoms with Crippen molar-refractivity contribution in [3.8, 4) is 0 Å². The maximum absolute atomic E-state index is 11.8. The van der Waals surface area contributed by atoms with Crippen molar-refractivity contribution < 1.29 is 9.53 Å². The van der Waals surface area contributed by atoms with Gasteiger partial charge in [-0.15, -0.1) is 0 Å². The Morgan fingerprint density at radius 3 is 3.06 bits per heavy atom. The first-order valence-corrected chi connectivity index (χ1v) is 6.96. The van der Waals surface area contributed by atoms with Crippen LogP contribution < -0.4 is 4.90 Å². The predicted octanol–water partition coefficient (Wildman–Crippen LogP) is 3.03. The van der Waals surface area contributed by atoms with E-state index in [0.29, 0.717) is 10.8 Å². The summed E-state index contributed by atoms with van der Waals surface area (Å²) in [6, 6.07) is 1.50. The van der Waals surface area contributed by atoms with E-state index in [-0.39, 0.29) is 12.0 Å². The average Bonchev–Trinajstić information content (AvgIpc) is 2.38. The second kappa shape index (κ2) is 5.89. The Morgan fingerprint density at radius 1 is 1.61 bits per heavy atom. The Labute approximate surface area is 119 Å². The van der Waals surface area contributed by atoms with Crippen LogP contribution in [0.5, 0.6) is 0 Å². The zero-order valence-corrected chi connectivity index (χ0v) is 12.4. The van der Waals surface area contributed by atoms with Crippen molar-refractivity contribution in [1.82, 2.24) is 4.98 Å². The van der Waals surface area contributed by atoms with E-state index < -0.39 is 0 Å². The molecular weight excluding hydrogens is 320 g/mol. The second-order valence-corrected chi connectivity index (χ2v) is 5.51. The Hall–Kier alpha value is -0.810. The Morgan fingerprint density at radius 2 is 2.39 bits per heavy atom. The zero-order chi connectivity index (χ0) is 13.1. The number of rotatable bonds is 2. The Bertz CT molecular complexity index is 456. The van der Waals surface area contributed by atoms with E-state index in [1.807, 2.05) is 4.90 Å². The molecule has 1 aromatic rings. The van der Waals surface area contributed by atoms with E-state index in [9.17, 15) is 4.79 Å². The lowest BCUT2D eigenvalue weighted by molar-refractivity contribution is -0.142. The lowest BCUT2D eigenvalue weighted by Crippen LogP contribution is -2.45. The number of halogens is 2. The van der Waals surface area contributed by atoms with E-state index in [4.69, 9.17) is 16.3 Å². The summed E-state index contributed by atoms with van der Waals surface area (Å²) in [4.78, 5) is 18.0. The molecule has 1 fully saturated rings. The highest BCUT2D eigenvalue weighted by Crippen LogP contribution is 2.31. The molecule has 0 amide bonds. The van der Waals surface area contributed by atoms with Gasteiger partial charge in [0, 0.05) is 17.2 Å². The highest BCUT2D eigenvalue weighted by Gasteiger charge is 2.31. The van der Waals surface area contributed by atoms with Crippen molar-refractivity contribution in [2.24, 2.45) is 0 Å². The number of carbonyl (C=O) groups excluding carboxylic acids is 1. The molecule has 2 heterocycles. The maximum Gasteiger partial charge on any atom is 0.328 e. The van der Waals surface area contributed by atoms with Crippen LogP contribution in [0.1, 0.15) is 19.3 Å². The van der Waals surface area contributed by atoms with Crippen molar-refractivity contribution in [2.75, 3.05) is 18.6 Å². The molecule has 0 bridgehead atoms. The van der Waals surface area contributed by atoms with Crippen LogP contribution in [0.2, 0.25) is 5.02 Å². The van der Waals surface area contributed by atoms with Gasteiger partial charge in [0.15, 0.2) is 0 Å². The Balaban J connectivity index is 2.30. The van der Waals surface area contributed by atoms with Gasteiger partial charge in [-0.1, -0.05) is 11.6 Å². The van der Waals surface area contributed by atoms with Gasteiger partial charge in [0.05, 0.1) is 12.1 Å². The highest BCUT2D eigenvalue weighted by molar-refractivity contribution is 9.10. The first-order valence-electron chi connectivity index (χ1n) is 5.79. The van der Waals surface area contributed by atoms with Gasteiger partial charge in [0.25, 0.3) is 0 Å². The number of piperidine rings is 1. The fourth-order valence-corrected chi connectivity index (χ4v) is 2.92. The number of methoxy groups -OCH3 is 1. The van der Waals surface area contributed by atoms with Crippen LogP contribution >= 0.6 is 27.5 Å². The summed E-state index contributed by atoms with van der Waals surface area (Å²) in [5, 5.41) is 0.542. The molecule has 1 aromatic heterocycles. The van der Waals surface area contributed by atoms with Gasteiger partial charge in [-0.05, 0) is 41.3 Å². The fourth-order valence-electron chi connectivity index (χ4n) is 2.18. The summed E-state index contributed by atoms with van der Waals surface area (Å²) >= 11 is 9.51. The third-order valence-corrected chi connectivity index (χ3v) is 3.75. The van der Waals surface area contributed by atoms with Crippen LogP contribution in [0.4, 0.5) is 5.82 Å². The number of esters is 1. The standard InChI is InChI=1S/C12H14BrClN2O2/c1-18-12(17)10-4-2-3-5-16(10)11-9(14)6-8(13)7-15-11/h6-7,10H,2-5H2,1H3. The van der Waals surface area contributed by atoms with Crippen LogP contribution in [0.25, 0.3) is 0 Å². The van der Waals surface area contributed by atoms with Crippen molar-refractivity contribution in [2.45, 2.75) is 25.3 Å². The third kappa shape index (κ3) is 2.78. The number of nitrogens with zero attached hydrogens (tertiary/aromatic N) is 2. The third-order valence-electron chi connectivity index (χ3n) is 3.04. The topological polar surface area (TPSA) is 42.4 Å². The quantitative estimate of drug-likeness (QED) is 0.780. The molecule has 4 nitrogen and oxygen atoms in total. The number of pyridine rings is 1. The number of ether oxygens (including phenoxy) is 1. The summed E-state index contributed by atoms with van der Waals surface area (Å²) in [5.74, 6) is 0.422. The van der Waals surface area contributed by atoms with Gasteiger partial charge in [0.1, 0.15) is 11.9 Å². The smallest absolute Gasteiger partial charge is 0.328 e. The minimum Gasteiger partial charge on any atom is -0.467 e. The molecule has 0 aromatic carbocycles. The molecule has 1 aliphatic rings. The van der Waals surface area contributed by atoms with E-state index in [1.54, 1.807) is 12.3 Å². The monoisotopic (exact) mass is 332 g/mol. The molecule has 6 heteroatoms. The van der Waals surface area contributed by atoms with Crippen molar-refractivity contribution in [1.29, 1.82) is 0 Å². The number of aromatic nitrogens is 1. The summed E-state index contributed by atoms with van der Waals surface area (Å²) in [6.07, 6.45) is 4.51. The van der Waals surface area contributed by atoms with Crippen LogP contribution in [-0.2, 0) is 9.53 Å². The van der Waals surface area contributed by atoms with E-state index in [1.165, 1.54) is 7.11 Å². The molecule has 0 spiro atoms. The van der Waals surface area contributed by atoms with Gasteiger partial charge in [-0.25, -0.2) is 9.78 Å². The van der Waals surface area contributed by atoms with Gasteiger partial charge < -0.3 is 9.64 Å². The zero-order valence-electron chi connectivity index (χ0n) is 10.0. The number of hydrogen-bond acceptors (Lipinski definition) is 4. The molecule has 18 heavy (non-hydrogen) atoms. The summed E-state index contributed by atoms with van der Waals surface area (Å²) < 4.78 is 5.67. The molecule has 1 saturated heterocycles. The normalized spacial score (nSPS) is 19.7. The fraction of sp³-hybridized carbons (Fsp3) is 0.500. The summed E-state index contributed by atoms with van der Waals surface area (Å²) in [6.45, 7) is 0.772. The summed E-state index contributed by atoms with van der Waals surface area (Å²) in [7, 11) is 1.41. The highest BCUT2D eigenvalue weighted by atomic mass is 79.9. The first-order chi connectivity index (χ1) is 8.63. The van der Waals surface area contributed by atoms with Crippen LogP contribution in [0, 0.1) is 0 Å². The minimum atomic E-state index is -0.282. The lowest BCUT2D eigenvalue weighted by atomic mass is 10.0. The minimum absolute atomic E-state index is 0.226. The molecule has 98 valence electrons.